The van der Waals surface area contributed by atoms with Gasteiger partial charge in [0.15, 0.2) is 0 Å². The molecule has 98 valence electrons. The molecular weight excluding hydrogens is 311 g/mol. The van der Waals surface area contributed by atoms with Crippen molar-refractivity contribution in [1.29, 1.82) is 5.41 Å². The molecule has 0 unspecified atom stereocenters. The Hall–Kier alpha value is -1.88. The van der Waals surface area contributed by atoms with Crippen LogP contribution >= 0.6 is 15.9 Å². The normalized spacial score (nSPS) is 10.3. The largest absolute Gasteiger partial charge is 0.457 e. The van der Waals surface area contributed by atoms with Crippen LogP contribution in [0, 0.1) is 18.2 Å². The van der Waals surface area contributed by atoms with Gasteiger partial charge in [0.1, 0.15) is 23.2 Å². The molecule has 0 fully saturated rings. The lowest BCUT2D eigenvalue weighted by molar-refractivity contribution is 0.476. The van der Waals surface area contributed by atoms with Gasteiger partial charge < -0.3 is 10.5 Å². The Balaban J connectivity index is 2.26. The molecule has 0 aromatic heterocycles. The van der Waals surface area contributed by atoms with Crippen LogP contribution in [0.5, 0.6) is 11.5 Å². The molecule has 0 aliphatic heterocycles. The van der Waals surface area contributed by atoms with Crippen LogP contribution in [0.4, 0.5) is 4.39 Å². The number of nitrogen functional groups attached to an aromatic ring is 1. The molecule has 5 heteroatoms. The maximum atomic E-state index is 13.4. The Kier molecular flexibility index (Phi) is 3.85. The second-order valence-electron chi connectivity index (χ2n) is 4.07. The van der Waals surface area contributed by atoms with Gasteiger partial charge in [0.05, 0.1) is 4.47 Å². The molecule has 0 radical (unpaired) electrons. The lowest BCUT2D eigenvalue weighted by Gasteiger charge is -2.09. The molecular formula is C14H12BrFN2O. The van der Waals surface area contributed by atoms with Gasteiger partial charge in [-0.15, -0.1) is 0 Å². The Bertz CT molecular complexity index is 643. The third-order valence-electron chi connectivity index (χ3n) is 2.61. The quantitative estimate of drug-likeness (QED) is 0.663. The Morgan fingerprint density at radius 2 is 1.84 bits per heavy atom. The molecule has 0 aliphatic rings. The van der Waals surface area contributed by atoms with E-state index < -0.39 is 0 Å². The summed E-state index contributed by atoms with van der Waals surface area (Å²) in [7, 11) is 0. The lowest BCUT2D eigenvalue weighted by atomic mass is 10.1. The SMILES string of the molecule is Cc1cc(Oc2ccc(Br)c(F)c2)ccc1C(=N)N. The zero-order chi connectivity index (χ0) is 14.0. The molecule has 19 heavy (non-hydrogen) atoms. The highest BCUT2D eigenvalue weighted by atomic mass is 79.9. The summed E-state index contributed by atoms with van der Waals surface area (Å²) >= 11 is 3.08. The third-order valence-corrected chi connectivity index (χ3v) is 3.26. The molecule has 0 atom stereocenters. The zero-order valence-electron chi connectivity index (χ0n) is 10.2. The predicted molar refractivity (Wildman–Crippen MR) is 76.4 cm³/mol. The molecule has 0 bridgehead atoms. The van der Waals surface area contributed by atoms with Crippen molar-refractivity contribution in [2.45, 2.75) is 6.92 Å². The van der Waals surface area contributed by atoms with E-state index in [0.29, 0.717) is 21.5 Å². The highest BCUT2D eigenvalue weighted by Gasteiger charge is 2.06. The number of nitrogens with two attached hydrogens (primary N) is 1. The fourth-order valence-corrected chi connectivity index (χ4v) is 1.92. The van der Waals surface area contributed by atoms with Crippen LogP contribution < -0.4 is 10.5 Å². The van der Waals surface area contributed by atoms with Crippen LogP contribution in [0.2, 0.25) is 0 Å². The molecule has 0 saturated heterocycles. The molecule has 0 amide bonds. The van der Waals surface area contributed by atoms with Crippen LogP contribution in [-0.4, -0.2) is 5.84 Å². The average molecular weight is 323 g/mol. The third kappa shape index (κ3) is 3.12. The first kappa shape index (κ1) is 13.5. The smallest absolute Gasteiger partial charge is 0.141 e. The summed E-state index contributed by atoms with van der Waals surface area (Å²) in [5.41, 5.74) is 6.94. The zero-order valence-corrected chi connectivity index (χ0v) is 11.8. The summed E-state index contributed by atoms with van der Waals surface area (Å²) < 4.78 is 19.3. The minimum atomic E-state index is -0.380. The highest BCUT2D eigenvalue weighted by molar-refractivity contribution is 9.10. The molecule has 3 nitrogen and oxygen atoms in total. The van der Waals surface area contributed by atoms with E-state index in [1.165, 1.54) is 6.07 Å². The predicted octanol–water partition coefficient (Wildman–Crippen LogP) is 3.97. The summed E-state index contributed by atoms with van der Waals surface area (Å²) in [6, 6.07) is 9.73. The number of halogens is 2. The van der Waals surface area contributed by atoms with Gasteiger partial charge >= 0.3 is 0 Å². The Labute approximate surface area is 118 Å². The van der Waals surface area contributed by atoms with Gasteiger partial charge in [-0.25, -0.2) is 4.39 Å². The Morgan fingerprint density at radius 3 is 2.42 bits per heavy atom. The second kappa shape index (κ2) is 5.40. The van der Waals surface area contributed by atoms with E-state index in [9.17, 15) is 4.39 Å². The fourth-order valence-electron chi connectivity index (χ4n) is 1.68. The molecule has 0 spiro atoms. The van der Waals surface area contributed by atoms with Crippen molar-refractivity contribution in [3.05, 3.63) is 57.8 Å². The minimum absolute atomic E-state index is 0.0127. The fraction of sp³-hybridized carbons (Fsp3) is 0.0714. The monoisotopic (exact) mass is 322 g/mol. The van der Waals surface area contributed by atoms with Crippen molar-refractivity contribution in [2.24, 2.45) is 5.73 Å². The van der Waals surface area contributed by atoms with Crippen LogP contribution in [0.1, 0.15) is 11.1 Å². The molecule has 0 heterocycles. The maximum Gasteiger partial charge on any atom is 0.141 e. The number of ether oxygens (including phenoxy) is 1. The molecule has 2 aromatic carbocycles. The molecule has 0 saturated carbocycles. The van der Waals surface area contributed by atoms with Gasteiger partial charge in [0, 0.05) is 11.6 Å². The molecule has 0 aliphatic carbocycles. The van der Waals surface area contributed by atoms with E-state index in [0.717, 1.165) is 5.56 Å². The first-order chi connectivity index (χ1) is 8.97. The van der Waals surface area contributed by atoms with Crippen molar-refractivity contribution in [3.8, 4) is 11.5 Å². The van der Waals surface area contributed by atoms with Gasteiger partial charge in [-0.1, -0.05) is 0 Å². The van der Waals surface area contributed by atoms with Crippen LogP contribution in [0.25, 0.3) is 0 Å². The summed E-state index contributed by atoms with van der Waals surface area (Å²) in [5, 5.41) is 7.40. The summed E-state index contributed by atoms with van der Waals surface area (Å²) in [6.45, 7) is 1.84. The number of rotatable bonds is 3. The second-order valence-corrected chi connectivity index (χ2v) is 4.92. The van der Waals surface area contributed by atoms with Crippen molar-refractivity contribution in [1.82, 2.24) is 0 Å². The standard InChI is InChI=1S/C14H12BrFN2O/c1-8-6-9(2-4-11(8)14(17)18)19-10-3-5-12(15)13(16)7-10/h2-7H,1H3,(H3,17,18). The molecule has 3 N–H and O–H groups in total. The maximum absolute atomic E-state index is 13.4. The van der Waals surface area contributed by atoms with Gasteiger partial charge in [0.2, 0.25) is 0 Å². The molecule has 2 aromatic rings. The van der Waals surface area contributed by atoms with Gasteiger partial charge in [-0.3, -0.25) is 5.41 Å². The van der Waals surface area contributed by atoms with Crippen LogP contribution in [0.3, 0.4) is 0 Å². The summed E-state index contributed by atoms with van der Waals surface area (Å²) in [4.78, 5) is 0. The number of hydrogen-bond donors (Lipinski definition) is 2. The van der Waals surface area contributed by atoms with Crippen molar-refractivity contribution < 1.29 is 9.13 Å². The number of hydrogen-bond acceptors (Lipinski definition) is 2. The van der Waals surface area contributed by atoms with Gasteiger partial charge in [-0.2, -0.15) is 0 Å². The Morgan fingerprint density at radius 1 is 1.21 bits per heavy atom. The number of benzene rings is 2. The van der Waals surface area contributed by atoms with Crippen LogP contribution in [-0.2, 0) is 0 Å². The topological polar surface area (TPSA) is 59.1 Å². The average Bonchev–Trinajstić information content (AvgIpc) is 2.33. The first-order valence-electron chi connectivity index (χ1n) is 5.55. The van der Waals surface area contributed by atoms with E-state index in [1.807, 2.05) is 6.92 Å². The minimum Gasteiger partial charge on any atom is -0.457 e. The van der Waals surface area contributed by atoms with E-state index in [1.54, 1.807) is 30.3 Å². The van der Waals surface area contributed by atoms with Gasteiger partial charge in [-0.05, 0) is 58.7 Å². The summed E-state index contributed by atoms with van der Waals surface area (Å²) in [6.07, 6.45) is 0. The van der Waals surface area contributed by atoms with E-state index in [2.05, 4.69) is 15.9 Å². The summed E-state index contributed by atoms with van der Waals surface area (Å²) in [5.74, 6) is 0.619. The lowest BCUT2D eigenvalue weighted by Crippen LogP contribution is -2.12. The molecule has 2 rings (SSSR count). The van der Waals surface area contributed by atoms with Crippen molar-refractivity contribution in [3.63, 3.8) is 0 Å². The first-order valence-corrected chi connectivity index (χ1v) is 6.34. The van der Waals surface area contributed by atoms with Crippen molar-refractivity contribution >= 4 is 21.8 Å². The van der Waals surface area contributed by atoms with E-state index >= 15 is 0 Å². The highest BCUT2D eigenvalue weighted by Crippen LogP contribution is 2.27. The number of aryl methyl sites for hydroxylation is 1. The number of nitrogens with one attached hydrogen (secondary N) is 1. The number of amidine groups is 1. The van der Waals surface area contributed by atoms with Crippen LogP contribution in [0.15, 0.2) is 40.9 Å². The van der Waals surface area contributed by atoms with E-state index in [-0.39, 0.29) is 11.7 Å². The van der Waals surface area contributed by atoms with Crippen molar-refractivity contribution in [2.75, 3.05) is 0 Å². The van der Waals surface area contributed by atoms with E-state index in [4.69, 9.17) is 15.9 Å². The van der Waals surface area contributed by atoms with Gasteiger partial charge in [0.25, 0.3) is 0 Å².